The van der Waals surface area contributed by atoms with Crippen molar-refractivity contribution in [2.75, 3.05) is 26.2 Å². The number of hydrogen-bond donors (Lipinski definition) is 1. The first-order valence-electron chi connectivity index (χ1n) is 7.27. The lowest BCUT2D eigenvalue weighted by atomic mass is 9.90. The molecule has 2 unspecified atom stereocenters. The first-order chi connectivity index (χ1) is 10.7. The summed E-state index contributed by atoms with van der Waals surface area (Å²) in [5, 5.41) is 2.72. The van der Waals surface area contributed by atoms with Crippen LogP contribution in [-0.4, -0.2) is 38.9 Å². The van der Waals surface area contributed by atoms with Crippen LogP contribution in [0.1, 0.15) is 12.0 Å². The number of benzene rings is 1. The maximum atomic E-state index is 12.9. The van der Waals surface area contributed by atoms with E-state index in [1.807, 2.05) is 0 Å². The van der Waals surface area contributed by atoms with Crippen molar-refractivity contribution in [3.8, 4) is 0 Å². The van der Waals surface area contributed by atoms with Crippen LogP contribution in [-0.2, 0) is 16.2 Å². The van der Waals surface area contributed by atoms with E-state index in [1.165, 1.54) is 4.31 Å². The Kier molecular flexibility index (Phi) is 4.37. The predicted octanol–water partition coefficient (Wildman–Crippen LogP) is 2.59. The van der Waals surface area contributed by atoms with Gasteiger partial charge >= 0.3 is 6.18 Å². The van der Waals surface area contributed by atoms with Crippen LogP contribution in [0.25, 0.3) is 0 Å². The number of nitrogens with zero attached hydrogens (tertiary/aromatic N) is 1. The zero-order valence-electron chi connectivity index (χ0n) is 12.1. The van der Waals surface area contributed by atoms with E-state index >= 15 is 0 Å². The second-order valence-corrected chi connectivity index (χ2v) is 8.31. The molecule has 2 fully saturated rings. The minimum absolute atomic E-state index is 0.216. The van der Waals surface area contributed by atoms with Gasteiger partial charge in [-0.15, -0.1) is 0 Å². The van der Waals surface area contributed by atoms with Gasteiger partial charge in [-0.1, -0.05) is 11.6 Å². The van der Waals surface area contributed by atoms with Gasteiger partial charge in [0, 0.05) is 13.1 Å². The third kappa shape index (κ3) is 3.22. The van der Waals surface area contributed by atoms with E-state index in [0.29, 0.717) is 25.1 Å². The number of sulfonamides is 1. The van der Waals surface area contributed by atoms with Crippen LogP contribution in [0.4, 0.5) is 13.2 Å². The van der Waals surface area contributed by atoms with Crippen molar-refractivity contribution in [1.29, 1.82) is 0 Å². The molecule has 1 aromatic rings. The van der Waals surface area contributed by atoms with Gasteiger partial charge < -0.3 is 5.32 Å². The summed E-state index contributed by atoms with van der Waals surface area (Å²) < 4.78 is 65.4. The van der Waals surface area contributed by atoms with Crippen LogP contribution < -0.4 is 5.32 Å². The number of nitrogens with one attached hydrogen (secondary N) is 1. The lowest BCUT2D eigenvalue weighted by molar-refractivity contribution is -0.137. The Morgan fingerprint density at radius 1 is 1.22 bits per heavy atom. The maximum Gasteiger partial charge on any atom is 0.417 e. The Bertz CT molecular complexity index is 708. The van der Waals surface area contributed by atoms with Crippen molar-refractivity contribution in [3.63, 3.8) is 0 Å². The molecule has 0 amide bonds. The molecule has 0 spiro atoms. The second-order valence-electron chi connectivity index (χ2n) is 5.97. The van der Waals surface area contributed by atoms with Gasteiger partial charge in [-0.05, 0) is 49.5 Å². The van der Waals surface area contributed by atoms with Gasteiger partial charge in [-0.3, -0.25) is 0 Å². The van der Waals surface area contributed by atoms with E-state index in [0.717, 1.165) is 31.6 Å². The quantitative estimate of drug-likeness (QED) is 0.873. The lowest BCUT2D eigenvalue weighted by Crippen LogP contribution is -2.43. The van der Waals surface area contributed by atoms with Crippen LogP contribution in [0.5, 0.6) is 0 Å². The van der Waals surface area contributed by atoms with E-state index in [4.69, 9.17) is 11.6 Å². The number of fused-ring (bicyclic) bond motifs is 1. The standard InChI is InChI=1S/C14H16ClF3N2O2S/c15-13-2-1-11(5-12(13)14(16,17)18)23(21,22)20-4-3-9-6-19-7-10(9)8-20/h1-2,5,9-10,19H,3-4,6-8H2. The van der Waals surface area contributed by atoms with Crippen molar-refractivity contribution >= 4 is 21.6 Å². The smallest absolute Gasteiger partial charge is 0.316 e. The molecule has 0 bridgehead atoms. The number of rotatable bonds is 2. The third-order valence-corrected chi connectivity index (χ3v) is 6.74. The van der Waals surface area contributed by atoms with E-state index in [-0.39, 0.29) is 10.8 Å². The molecule has 128 valence electrons. The van der Waals surface area contributed by atoms with Gasteiger partial charge in [-0.25, -0.2) is 8.42 Å². The summed E-state index contributed by atoms with van der Waals surface area (Å²) in [6.45, 7) is 2.28. The Balaban J connectivity index is 1.91. The second kappa shape index (κ2) is 5.91. The minimum Gasteiger partial charge on any atom is -0.316 e. The molecule has 0 saturated carbocycles. The summed E-state index contributed by atoms with van der Waals surface area (Å²) >= 11 is 5.55. The Morgan fingerprint density at radius 2 is 1.91 bits per heavy atom. The Labute approximate surface area is 137 Å². The average Bonchev–Trinajstić information content (AvgIpc) is 2.93. The molecule has 0 aliphatic carbocycles. The largest absolute Gasteiger partial charge is 0.417 e. The molecule has 2 aliphatic rings. The molecule has 9 heteroatoms. The van der Waals surface area contributed by atoms with E-state index in [2.05, 4.69) is 5.32 Å². The van der Waals surface area contributed by atoms with E-state index in [9.17, 15) is 21.6 Å². The zero-order chi connectivity index (χ0) is 16.8. The highest BCUT2D eigenvalue weighted by atomic mass is 35.5. The number of piperidine rings is 1. The summed E-state index contributed by atoms with van der Waals surface area (Å²) in [4.78, 5) is -0.362. The molecule has 4 nitrogen and oxygen atoms in total. The Morgan fingerprint density at radius 3 is 2.61 bits per heavy atom. The van der Waals surface area contributed by atoms with Crippen molar-refractivity contribution < 1.29 is 21.6 Å². The number of alkyl halides is 3. The molecular formula is C14H16ClF3N2O2S. The Hall–Kier alpha value is -0.830. The van der Waals surface area contributed by atoms with Crippen LogP contribution in [0.3, 0.4) is 0 Å². The van der Waals surface area contributed by atoms with Gasteiger partial charge in [-0.2, -0.15) is 17.5 Å². The normalized spacial score (nSPS) is 26.3. The highest BCUT2D eigenvalue weighted by molar-refractivity contribution is 7.89. The first-order valence-corrected chi connectivity index (χ1v) is 9.09. The van der Waals surface area contributed by atoms with Crippen LogP contribution in [0.15, 0.2) is 23.1 Å². The lowest BCUT2D eigenvalue weighted by Gasteiger charge is -2.33. The fourth-order valence-electron chi connectivity index (χ4n) is 3.25. The summed E-state index contributed by atoms with van der Waals surface area (Å²) in [5.41, 5.74) is -1.13. The molecule has 3 rings (SSSR count). The van der Waals surface area contributed by atoms with Crippen molar-refractivity contribution in [2.24, 2.45) is 11.8 Å². The molecule has 2 heterocycles. The van der Waals surface area contributed by atoms with Gasteiger partial charge in [0.25, 0.3) is 0 Å². The molecule has 1 aromatic carbocycles. The van der Waals surface area contributed by atoms with Crippen molar-refractivity contribution in [2.45, 2.75) is 17.5 Å². The number of halogens is 4. The van der Waals surface area contributed by atoms with E-state index in [1.54, 1.807) is 0 Å². The van der Waals surface area contributed by atoms with Crippen LogP contribution in [0, 0.1) is 11.8 Å². The minimum atomic E-state index is -4.69. The molecule has 0 aromatic heterocycles. The van der Waals surface area contributed by atoms with Crippen molar-refractivity contribution in [1.82, 2.24) is 9.62 Å². The highest BCUT2D eigenvalue weighted by Crippen LogP contribution is 2.37. The fourth-order valence-corrected chi connectivity index (χ4v) is 5.01. The molecule has 0 radical (unpaired) electrons. The van der Waals surface area contributed by atoms with Crippen LogP contribution >= 0.6 is 11.6 Å². The molecule has 2 aliphatic heterocycles. The van der Waals surface area contributed by atoms with Gasteiger partial charge in [0.05, 0.1) is 15.5 Å². The monoisotopic (exact) mass is 368 g/mol. The topological polar surface area (TPSA) is 49.4 Å². The number of hydrogen-bond acceptors (Lipinski definition) is 3. The molecule has 23 heavy (non-hydrogen) atoms. The van der Waals surface area contributed by atoms with Crippen LogP contribution in [0.2, 0.25) is 5.02 Å². The van der Waals surface area contributed by atoms with Gasteiger partial charge in [0.2, 0.25) is 10.0 Å². The third-order valence-electron chi connectivity index (χ3n) is 4.55. The first kappa shape index (κ1) is 17.0. The SMILES string of the molecule is O=S(=O)(c1ccc(Cl)c(C(F)(F)F)c1)N1CCC2CNCC2C1. The zero-order valence-corrected chi connectivity index (χ0v) is 13.7. The predicted molar refractivity (Wildman–Crippen MR) is 79.7 cm³/mol. The summed E-state index contributed by atoms with van der Waals surface area (Å²) in [7, 11) is -3.95. The van der Waals surface area contributed by atoms with E-state index < -0.39 is 26.8 Å². The molecule has 1 N–H and O–H groups in total. The molecular weight excluding hydrogens is 353 g/mol. The summed E-state index contributed by atoms with van der Waals surface area (Å²) in [6.07, 6.45) is -3.97. The van der Waals surface area contributed by atoms with Crippen molar-refractivity contribution in [3.05, 3.63) is 28.8 Å². The summed E-state index contributed by atoms with van der Waals surface area (Å²) in [6, 6.07) is 2.74. The fraction of sp³-hybridized carbons (Fsp3) is 0.571. The van der Waals surface area contributed by atoms with Gasteiger partial charge in [0.15, 0.2) is 0 Å². The average molecular weight is 369 g/mol. The van der Waals surface area contributed by atoms with Gasteiger partial charge in [0.1, 0.15) is 0 Å². The summed E-state index contributed by atoms with van der Waals surface area (Å²) in [5.74, 6) is 0.658. The molecule has 2 atom stereocenters. The maximum absolute atomic E-state index is 12.9. The molecule has 2 saturated heterocycles. The highest BCUT2D eigenvalue weighted by Gasteiger charge is 2.39.